The molecule has 1 aliphatic heterocycles. The summed E-state index contributed by atoms with van der Waals surface area (Å²) in [4.78, 5) is 26.2. The molecular formula is C15H24N4O3S. The number of hydrogen-bond donors (Lipinski definition) is 2. The molecule has 23 heavy (non-hydrogen) atoms. The highest BCUT2D eigenvalue weighted by molar-refractivity contribution is 8.01. The first kappa shape index (κ1) is 17.8. The molecule has 2 rings (SSSR count). The Balaban J connectivity index is 1.67. The van der Waals surface area contributed by atoms with Gasteiger partial charge in [0, 0.05) is 12.1 Å². The van der Waals surface area contributed by atoms with E-state index >= 15 is 0 Å². The number of nitrogens with one attached hydrogen (secondary N) is 2. The van der Waals surface area contributed by atoms with Crippen LogP contribution >= 0.6 is 11.8 Å². The Morgan fingerprint density at radius 1 is 1.48 bits per heavy atom. The molecule has 0 saturated carbocycles. The number of anilines is 1. The zero-order valence-electron chi connectivity index (χ0n) is 13.8. The molecule has 2 amide bonds. The van der Waals surface area contributed by atoms with Crippen LogP contribution in [-0.2, 0) is 9.59 Å². The van der Waals surface area contributed by atoms with E-state index in [0.29, 0.717) is 11.6 Å². The number of piperidine rings is 1. The van der Waals surface area contributed by atoms with Gasteiger partial charge in [-0.2, -0.15) is 0 Å². The van der Waals surface area contributed by atoms with Crippen molar-refractivity contribution < 1.29 is 14.1 Å². The number of aryl methyl sites for hydroxylation is 1. The van der Waals surface area contributed by atoms with Gasteiger partial charge in [0.1, 0.15) is 5.76 Å². The number of carbonyl (C=O) groups is 2. The van der Waals surface area contributed by atoms with Crippen molar-refractivity contribution in [3.8, 4) is 0 Å². The van der Waals surface area contributed by atoms with E-state index in [0.717, 1.165) is 25.9 Å². The highest BCUT2D eigenvalue weighted by Gasteiger charge is 2.20. The quantitative estimate of drug-likeness (QED) is 0.810. The topological polar surface area (TPSA) is 87.5 Å². The number of carbonyl (C=O) groups excluding carboxylic acids is 2. The van der Waals surface area contributed by atoms with Crippen molar-refractivity contribution >= 4 is 29.4 Å². The second-order valence-electron chi connectivity index (χ2n) is 5.91. The van der Waals surface area contributed by atoms with E-state index in [1.807, 2.05) is 0 Å². The summed E-state index contributed by atoms with van der Waals surface area (Å²) in [6, 6.07) is 1.91. The van der Waals surface area contributed by atoms with E-state index in [9.17, 15) is 9.59 Å². The molecule has 0 spiro atoms. The normalized spacial score (nSPS) is 17.7. The molecule has 1 saturated heterocycles. The van der Waals surface area contributed by atoms with E-state index in [1.165, 1.54) is 11.8 Å². The third kappa shape index (κ3) is 5.87. The lowest BCUT2D eigenvalue weighted by Gasteiger charge is -2.29. The van der Waals surface area contributed by atoms with Crippen LogP contribution in [0.1, 0.15) is 25.5 Å². The molecule has 1 fully saturated rings. The Kier molecular flexibility index (Phi) is 6.47. The molecule has 2 heterocycles. The van der Waals surface area contributed by atoms with Crippen LogP contribution in [0.25, 0.3) is 0 Å². The number of aromatic nitrogens is 1. The predicted molar refractivity (Wildman–Crippen MR) is 90.5 cm³/mol. The van der Waals surface area contributed by atoms with Gasteiger partial charge < -0.3 is 20.1 Å². The van der Waals surface area contributed by atoms with Gasteiger partial charge in [0.15, 0.2) is 5.82 Å². The third-order valence-corrected chi connectivity index (χ3v) is 4.94. The van der Waals surface area contributed by atoms with E-state index in [1.54, 1.807) is 19.9 Å². The molecule has 0 aliphatic carbocycles. The van der Waals surface area contributed by atoms with E-state index in [4.69, 9.17) is 4.52 Å². The Labute approximate surface area is 140 Å². The zero-order valence-corrected chi connectivity index (χ0v) is 14.6. The molecule has 1 aliphatic rings. The zero-order chi connectivity index (χ0) is 16.8. The number of likely N-dealkylation sites (tertiary alicyclic amines) is 1. The fraction of sp³-hybridized carbons (Fsp3) is 0.667. The van der Waals surface area contributed by atoms with Crippen LogP contribution in [0.4, 0.5) is 5.82 Å². The van der Waals surface area contributed by atoms with Gasteiger partial charge in [-0.3, -0.25) is 9.59 Å². The largest absolute Gasteiger partial charge is 0.360 e. The van der Waals surface area contributed by atoms with Crippen molar-refractivity contribution in [2.24, 2.45) is 0 Å². The number of nitrogens with zero attached hydrogens (tertiary/aromatic N) is 2. The molecule has 128 valence electrons. The number of amides is 2. The maximum absolute atomic E-state index is 12.0. The van der Waals surface area contributed by atoms with Crippen molar-refractivity contribution in [1.29, 1.82) is 0 Å². The third-order valence-electron chi connectivity index (χ3n) is 3.80. The number of rotatable bonds is 6. The monoisotopic (exact) mass is 340 g/mol. The molecule has 0 aromatic carbocycles. The fourth-order valence-corrected chi connectivity index (χ4v) is 3.05. The van der Waals surface area contributed by atoms with Crippen molar-refractivity contribution in [2.75, 3.05) is 31.2 Å². The summed E-state index contributed by atoms with van der Waals surface area (Å²) >= 11 is 1.31. The standard InChI is InChI=1S/C15H24N4O3S/c1-10-8-13(18-22-10)17-15(21)11(2)23-9-14(20)16-12-4-6-19(3)7-5-12/h8,11-12H,4-7,9H2,1-3H3,(H,16,20)(H,17,18,21). The summed E-state index contributed by atoms with van der Waals surface area (Å²) in [6.45, 7) is 5.55. The van der Waals surface area contributed by atoms with Crippen molar-refractivity contribution in [3.63, 3.8) is 0 Å². The average Bonchev–Trinajstić information content (AvgIpc) is 2.92. The Hall–Kier alpha value is -1.54. The predicted octanol–water partition coefficient (Wildman–Crippen LogP) is 1.25. The molecular weight excluding hydrogens is 316 g/mol. The average molecular weight is 340 g/mol. The summed E-state index contributed by atoms with van der Waals surface area (Å²) in [5, 5.41) is 9.09. The highest BCUT2D eigenvalue weighted by atomic mass is 32.2. The van der Waals surface area contributed by atoms with Crippen LogP contribution in [0, 0.1) is 6.92 Å². The van der Waals surface area contributed by atoms with Gasteiger partial charge in [-0.25, -0.2) is 0 Å². The molecule has 1 unspecified atom stereocenters. The minimum Gasteiger partial charge on any atom is -0.360 e. The van der Waals surface area contributed by atoms with E-state index in [-0.39, 0.29) is 28.9 Å². The summed E-state index contributed by atoms with van der Waals surface area (Å²) < 4.78 is 4.90. The maximum atomic E-state index is 12.0. The minimum atomic E-state index is -0.338. The van der Waals surface area contributed by atoms with Gasteiger partial charge in [-0.05, 0) is 46.8 Å². The van der Waals surface area contributed by atoms with Gasteiger partial charge >= 0.3 is 0 Å². The van der Waals surface area contributed by atoms with Crippen molar-refractivity contribution in [3.05, 3.63) is 11.8 Å². The van der Waals surface area contributed by atoms with Crippen LogP contribution < -0.4 is 10.6 Å². The van der Waals surface area contributed by atoms with Gasteiger partial charge in [0.25, 0.3) is 0 Å². The van der Waals surface area contributed by atoms with E-state index < -0.39 is 0 Å². The van der Waals surface area contributed by atoms with Crippen LogP contribution in [0.5, 0.6) is 0 Å². The molecule has 0 bridgehead atoms. The second kappa shape index (κ2) is 8.35. The lowest BCUT2D eigenvalue weighted by atomic mass is 10.1. The first-order valence-electron chi connectivity index (χ1n) is 7.77. The van der Waals surface area contributed by atoms with Gasteiger partial charge in [-0.15, -0.1) is 11.8 Å². The first-order valence-corrected chi connectivity index (χ1v) is 8.82. The summed E-state index contributed by atoms with van der Waals surface area (Å²) in [7, 11) is 2.09. The number of hydrogen-bond acceptors (Lipinski definition) is 6. The van der Waals surface area contributed by atoms with Crippen molar-refractivity contribution in [1.82, 2.24) is 15.4 Å². The molecule has 7 nitrogen and oxygen atoms in total. The summed E-state index contributed by atoms with van der Waals surface area (Å²) in [5.41, 5.74) is 0. The maximum Gasteiger partial charge on any atom is 0.238 e. The fourth-order valence-electron chi connectivity index (χ4n) is 2.35. The lowest BCUT2D eigenvalue weighted by Crippen LogP contribution is -2.44. The summed E-state index contributed by atoms with van der Waals surface area (Å²) in [6.07, 6.45) is 1.96. The molecule has 1 aromatic heterocycles. The minimum absolute atomic E-state index is 0.0125. The van der Waals surface area contributed by atoms with Crippen LogP contribution in [-0.4, -0.2) is 59.1 Å². The molecule has 2 N–H and O–H groups in total. The molecule has 1 aromatic rings. The smallest absolute Gasteiger partial charge is 0.238 e. The second-order valence-corrected chi connectivity index (χ2v) is 7.24. The van der Waals surface area contributed by atoms with Gasteiger partial charge in [0.2, 0.25) is 11.8 Å². The van der Waals surface area contributed by atoms with Crippen LogP contribution in [0.2, 0.25) is 0 Å². The SMILES string of the molecule is Cc1cc(NC(=O)C(C)SCC(=O)NC2CCN(C)CC2)no1. The van der Waals surface area contributed by atoms with Crippen LogP contribution in [0.3, 0.4) is 0 Å². The number of thioether (sulfide) groups is 1. The Bertz CT molecular complexity index is 541. The molecule has 0 radical (unpaired) electrons. The first-order chi connectivity index (χ1) is 10.9. The molecule has 1 atom stereocenters. The Morgan fingerprint density at radius 2 is 2.17 bits per heavy atom. The molecule has 8 heteroatoms. The lowest BCUT2D eigenvalue weighted by molar-refractivity contribution is -0.119. The van der Waals surface area contributed by atoms with E-state index in [2.05, 4.69) is 27.7 Å². The van der Waals surface area contributed by atoms with Gasteiger partial charge in [-0.1, -0.05) is 5.16 Å². The van der Waals surface area contributed by atoms with Crippen LogP contribution in [0.15, 0.2) is 10.6 Å². The summed E-state index contributed by atoms with van der Waals surface area (Å²) in [5.74, 6) is 1.12. The van der Waals surface area contributed by atoms with Gasteiger partial charge in [0.05, 0.1) is 11.0 Å². The Morgan fingerprint density at radius 3 is 2.78 bits per heavy atom. The highest BCUT2D eigenvalue weighted by Crippen LogP contribution is 2.15. The van der Waals surface area contributed by atoms with Crippen molar-refractivity contribution in [2.45, 2.75) is 38.0 Å².